The van der Waals surface area contributed by atoms with Crippen molar-refractivity contribution in [3.63, 3.8) is 0 Å². The van der Waals surface area contributed by atoms with E-state index in [0.717, 1.165) is 25.3 Å². The molecule has 1 saturated heterocycles. The number of nitriles is 1. The van der Waals surface area contributed by atoms with Crippen molar-refractivity contribution < 1.29 is 4.79 Å². The van der Waals surface area contributed by atoms with Crippen LogP contribution in [0.2, 0.25) is 0 Å². The standard InChI is InChI=1S/C14H18N4O/c1-16-5-6-17-7-8-18(14(19)11-17)13-4-2-3-12(9-13)10-15/h2-4,9,16H,5-8,11H2,1H3. The van der Waals surface area contributed by atoms with Gasteiger partial charge >= 0.3 is 0 Å². The summed E-state index contributed by atoms with van der Waals surface area (Å²) in [5.41, 5.74) is 1.40. The third-order valence-corrected chi connectivity index (χ3v) is 3.26. The van der Waals surface area contributed by atoms with E-state index in [0.29, 0.717) is 18.7 Å². The van der Waals surface area contributed by atoms with E-state index in [4.69, 9.17) is 5.26 Å². The Morgan fingerprint density at radius 2 is 2.26 bits per heavy atom. The van der Waals surface area contributed by atoms with Gasteiger partial charge in [-0.3, -0.25) is 9.69 Å². The van der Waals surface area contributed by atoms with Gasteiger partial charge in [-0.05, 0) is 25.2 Å². The van der Waals surface area contributed by atoms with Crippen molar-refractivity contribution in [2.24, 2.45) is 0 Å². The second-order valence-corrected chi connectivity index (χ2v) is 4.59. The molecule has 0 bridgehead atoms. The van der Waals surface area contributed by atoms with Crippen LogP contribution in [0.25, 0.3) is 0 Å². The highest BCUT2D eigenvalue weighted by molar-refractivity contribution is 5.95. The van der Waals surface area contributed by atoms with Gasteiger partial charge in [-0.2, -0.15) is 5.26 Å². The van der Waals surface area contributed by atoms with Crippen LogP contribution in [0.15, 0.2) is 24.3 Å². The SMILES string of the molecule is CNCCN1CCN(c2cccc(C#N)c2)C(=O)C1. The second-order valence-electron chi connectivity index (χ2n) is 4.59. The molecule has 0 aromatic heterocycles. The summed E-state index contributed by atoms with van der Waals surface area (Å²) in [6.45, 7) is 3.76. The molecule has 19 heavy (non-hydrogen) atoms. The largest absolute Gasteiger partial charge is 0.318 e. The highest BCUT2D eigenvalue weighted by Gasteiger charge is 2.24. The number of hydrogen-bond donors (Lipinski definition) is 1. The molecule has 0 atom stereocenters. The molecule has 2 rings (SSSR count). The summed E-state index contributed by atoms with van der Waals surface area (Å²) in [6, 6.07) is 9.30. The van der Waals surface area contributed by atoms with Gasteiger partial charge in [0.15, 0.2) is 0 Å². The molecular formula is C14H18N4O. The van der Waals surface area contributed by atoms with E-state index in [-0.39, 0.29) is 5.91 Å². The fraction of sp³-hybridized carbons (Fsp3) is 0.429. The highest BCUT2D eigenvalue weighted by Crippen LogP contribution is 2.18. The number of amides is 1. The number of rotatable bonds is 4. The van der Waals surface area contributed by atoms with Crippen LogP contribution in [0.4, 0.5) is 5.69 Å². The lowest BCUT2D eigenvalue weighted by Gasteiger charge is -2.34. The van der Waals surface area contributed by atoms with E-state index in [1.54, 1.807) is 17.0 Å². The first-order valence-electron chi connectivity index (χ1n) is 6.42. The number of piperazine rings is 1. The Morgan fingerprint density at radius 3 is 2.95 bits per heavy atom. The van der Waals surface area contributed by atoms with E-state index >= 15 is 0 Å². The highest BCUT2D eigenvalue weighted by atomic mass is 16.2. The van der Waals surface area contributed by atoms with Crippen LogP contribution in [-0.4, -0.2) is 50.6 Å². The van der Waals surface area contributed by atoms with Crippen LogP contribution < -0.4 is 10.2 Å². The molecule has 100 valence electrons. The lowest BCUT2D eigenvalue weighted by Crippen LogP contribution is -2.51. The Bertz CT molecular complexity index is 494. The molecule has 5 nitrogen and oxygen atoms in total. The molecular weight excluding hydrogens is 240 g/mol. The average Bonchev–Trinajstić information content (AvgIpc) is 2.45. The van der Waals surface area contributed by atoms with Gasteiger partial charge in [0.25, 0.3) is 0 Å². The Kier molecular flexibility index (Phi) is 4.50. The molecule has 0 aliphatic carbocycles. The molecule has 1 N–H and O–H groups in total. The average molecular weight is 258 g/mol. The molecule has 1 amide bonds. The topological polar surface area (TPSA) is 59.4 Å². The number of likely N-dealkylation sites (N-methyl/N-ethyl adjacent to an activating group) is 1. The molecule has 1 aromatic rings. The number of hydrogen-bond acceptors (Lipinski definition) is 4. The predicted molar refractivity (Wildman–Crippen MR) is 73.9 cm³/mol. The zero-order valence-corrected chi connectivity index (χ0v) is 11.1. The smallest absolute Gasteiger partial charge is 0.241 e. The lowest BCUT2D eigenvalue weighted by molar-refractivity contribution is -0.121. The van der Waals surface area contributed by atoms with Gasteiger partial charge in [0.1, 0.15) is 0 Å². The first-order valence-corrected chi connectivity index (χ1v) is 6.42. The third kappa shape index (κ3) is 3.31. The van der Waals surface area contributed by atoms with E-state index in [1.807, 2.05) is 19.2 Å². The fourth-order valence-corrected chi connectivity index (χ4v) is 2.20. The summed E-state index contributed by atoms with van der Waals surface area (Å²) in [6.07, 6.45) is 0. The van der Waals surface area contributed by atoms with Crippen molar-refractivity contribution in [1.29, 1.82) is 5.26 Å². The number of anilines is 1. The summed E-state index contributed by atoms with van der Waals surface area (Å²) in [4.78, 5) is 16.1. The Labute approximate surface area is 113 Å². The maximum absolute atomic E-state index is 12.1. The maximum Gasteiger partial charge on any atom is 0.241 e. The van der Waals surface area contributed by atoms with Crippen molar-refractivity contribution in [3.8, 4) is 6.07 Å². The van der Waals surface area contributed by atoms with Gasteiger partial charge in [0.2, 0.25) is 5.91 Å². The van der Waals surface area contributed by atoms with Gasteiger partial charge in [-0.25, -0.2) is 0 Å². The molecule has 1 aliphatic rings. The first-order chi connectivity index (χ1) is 9.24. The molecule has 0 unspecified atom stereocenters. The Balaban J connectivity index is 2.03. The number of benzene rings is 1. The second kappa shape index (κ2) is 6.32. The van der Waals surface area contributed by atoms with Crippen molar-refractivity contribution in [2.45, 2.75) is 0 Å². The third-order valence-electron chi connectivity index (χ3n) is 3.26. The minimum absolute atomic E-state index is 0.0949. The van der Waals surface area contributed by atoms with Gasteiger partial charge < -0.3 is 10.2 Å². The van der Waals surface area contributed by atoms with E-state index in [1.165, 1.54) is 0 Å². The molecule has 0 radical (unpaired) electrons. The molecule has 1 fully saturated rings. The summed E-state index contributed by atoms with van der Waals surface area (Å²) < 4.78 is 0. The number of nitrogens with one attached hydrogen (secondary N) is 1. The Morgan fingerprint density at radius 1 is 1.42 bits per heavy atom. The molecule has 0 saturated carbocycles. The summed E-state index contributed by atoms with van der Waals surface area (Å²) >= 11 is 0. The zero-order chi connectivity index (χ0) is 13.7. The minimum Gasteiger partial charge on any atom is -0.318 e. The van der Waals surface area contributed by atoms with Crippen molar-refractivity contribution in [2.75, 3.05) is 44.7 Å². The van der Waals surface area contributed by atoms with E-state index < -0.39 is 0 Å². The van der Waals surface area contributed by atoms with Gasteiger partial charge in [-0.1, -0.05) is 6.07 Å². The van der Waals surface area contributed by atoms with Crippen LogP contribution in [0.5, 0.6) is 0 Å². The maximum atomic E-state index is 12.1. The summed E-state index contributed by atoms with van der Waals surface area (Å²) in [7, 11) is 1.91. The molecule has 1 aromatic carbocycles. The van der Waals surface area contributed by atoms with Gasteiger partial charge in [0, 0.05) is 31.9 Å². The molecule has 1 aliphatic heterocycles. The van der Waals surface area contributed by atoms with E-state index in [2.05, 4.69) is 16.3 Å². The van der Waals surface area contributed by atoms with Gasteiger partial charge in [-0.15, -0.1) is 0 Å². The van der Waals surface area contributed by atoms with Crippen LogP contribution in [0.3, 0.4) is 0 Å². The first kappa shape index (κ1) is 13.5. The lowest BCUT2D eigenvalue weighted by atomic mass is 10.2. The normalized spacial score (nSPS) is 16.4. The fourth-order valence-electron chi connectivity index (χ4n) is 2.20. The number of carbonyl (C=O) groups is 1. The van der Waals surface area contributed by atoms with Crippen molar-refractivity contribution in [1.82, 2.24) is 10.2 Å². The van der Waals surface area contributed by atoms with Crippen LogP contribution in [0.1, 0.15) is 5.56 Å². The number of nitrogens with zero attached hydrogens (tertiary/aromatic N) is 3. The van der Waals surface area contributed by atoms with Crippen LogP contribution >= 0.6 is 0 Å². The van der Waals surface area contributed by atoms with Crippen molar-refractivity contribution >= 4 is 11.6 Å². The minimum atomic E-state index is 0.0949. The summed E-state index contributed by atoms with van der Waals surface area (Å²) in [5.74, 6) is 0.0949. The molecule has 0 spiro atoms. The zero-order valence-electron chi connectivity index (χ0n) is 11.1. The Hall–Kier alpha value is -1.90. The van der Waals surface area contributed by atoms with E-state index in [9.17, 15) is 4.79 Å². The monoisotopic (exact) mass is 258 g/mol. The number of carbonyl (C=O) groups excluding carboxylic acids is 1. The van der Waals surface area contributed by atoms with Crippen LogP contribution in [-0.2, 0) is 4.79 Å². The quantitative estimate of drug-likeness (QED) is 0.850. The molecule has 1 heterocycles. The van der Waals surface area contributed by atoms with Crippen molar-refractivity contribution in [3.05, 3.63) is 29.8 Å². The van der Waals surface area contributed by atoms with Gasteiger partial charge in [0.05, 0.1) is 18.2 Å². The summed E-state index contributed by atoms with van der Waals surface area (Å²) in [5, 5.41) is 12.0. The predicted octanol–water partition coefficient (Wildman–Crippen LogP) is 0.426. The molecule has 5 heteroatoms. The van der Waals surface area contributed by atoms with Crippen LogP contribution in [0, 0.1) is 11.3 Å².